The van der Waals surface area contributed by atoms with E-state index in [0.717, 1.165) is 26.7 Å². The Balaban J connectivity index is 1.58. The standard InChI is InChI=1S/C20H16N4O2S3/c21-13-14-4-1-5-15(12-14)29(25,26)22-9-8-16-19(17-6-2-10-27-17)23-24-20(16)18-7-3-11-28-18/h1-7,10-12,22H,8-9H2,(H,23,24). The average Bonchev–Trinajstić information content (AvgIpc) is 3.48. The number of aromatic amines is 1. The monoisotopic (exact) mass is 440 g/mol. The topological polar surface area (TPSA) is 98.6 Å². The number of benzene rings is 1. The van der Waals surface area contributed by atoms with Crippen LogP contribution in [0.2, 0.25) is 0 Å². The summed E-state index contributed by atoms with van der Waals surface area (Å²) in [7, 11) is -3.71. The molecule has 0 atom stereocenters. The molecular formula is C20H16N4O2S3. The van der Waals surface area contributed by atoms with Crippen molar-refractivity contribution >= 4 is 32.7 Å². The molecule has 0 amide bonds. The highest BCUT2D eigenvalue weighted by atomic mass is 32.2. The van der Waals surface area contributed by atoms with Gasteiger partial charge in [0.1, 0.15) is 5.69 Å². The fourth-order valence-corrected chi connectivity index (χ4v) is 5.54. The van der Waals surface area contributed by atoms with Crippen molar-refractivity contribution in [3.8, 4) is 27.2 Å². The number of H-pyrrole nitrogens is 1. The molecule has 0 aliphatic rings. The zero-order valence-corrected chi connectivity index (χ0v) is 17.6. The second kappa shape index (κ2) is 8.31. The van der Waals surface area contributed by atoms with Crippen molar-refractivity contribution in [2.24, 2.45) is 0 Å². The molecule has 3 heterocycles. The van der Waals surface area contributed by atoms with E-state index in [9.17, 15) is 8.42 Å². The summed E-state index contributed by atoms with van der Waals surface area (Å²) in [5.74, 6) is 0. The summed E-state index contributed by atoms with van der Waals surface area (Å²) in [6, 6.07) is 15.9. The number of hydrogen-bond donors (Lipinski definition) is 2. The maximum atomic E-state index is 12.6. The molecule has 4 aromatic rings. The van der Waals surface area contributed by atoms with Gasteiger partial charge in [0, 0.05) is 12.1 Å². The molecule has 0 spiro atoms. The van der Waals surface area contributed by atoms with Gasteiger partial charge in [-0.3, -0.25) is 5.10 Å². The van der Waals surface area contributed by atoms with Gasteiger partial charge in [0.15, 0.2) is 0 Å². The van der Waals surface area contributed by atoms with E-state index >= 15 is 0 Å². The van der Waals surface area contributed by atoms with Crippen molar-refractivity contribution in [3.63, 3.8) is 0 Å². The van der Waals surface area contributed by atoms with E-state index in [4.69, 9.17) is 5.26 Å². The Labute approximate surface area is 176 Å². The highest BCUT2D eigenvalue weighted by Gasteiger charge is 2.19. The van der Waals surface area contributed by atoms with Crippen LogP contribution in [0.4, 0.5) is 0 Å². The summed E-state index contributed by atoms with van der Waals surface area (Å²) in [6.07, 6.45) is 0.480. The molecule has 3 aromatic heterocycles. The summed E-state index contributed by atoms with van der Waals surface area (Å²) in [6.45, 7) is 0.218. The fraction of sp³-hybridized carbons (Fsp3) is 0.100. The molecule has 6 nitrogen and oxygen atoms in total. The van der Waals surface area contributed by atoms with Gasteiger partial charge in [0.25, 0.3) is 0 Å². The third-order valence-corrected chi connectivity index (χ3v) is 7.55. The molecule has 0 aliphatic carbocycles. The molecule has 0 fully saturated rings. The van der Waals surface area contributed by atoms with Crippen molar-refractivity contribution in [1.82, 2.24) is 14.9 Å². The molecule has 0 unspecified atom stereocenters. The van der Waals surface area contributed by atoms with Crippen LogP contribution in [0.3, 0.4) is 0 Å². The summed E-state index contributed by atoms with van der Waals surface area (Å²) in [5.41, 5.74) is 3.04. The molecular weight excluding hydrogens is 424 g/mol. The maximum absolute atomic E-state index is 12.6. The number of sulfonamides is 1. The number of nitrogens with one attached hydrogen (secondary N) is 2. The van der Waals surface area contributed by atoms with Gasteiger partial charge >= 0.3 is 0 Å². The van der Waals surface area contributed by atoms with Gasteiger partial charge in [-0.05, 0) is 47.5 Å². The van der Waals surface area contributed by atoms with Crippen LogP contribution in [0.5, 0.6) is 0 Å². The molecule has 0 bridgehead atoms. The molecule has 0 radical (unpaired) electrons. The van der Waals surface area contributed by atoms with Crippen LogP contribution in [0.1, 0.15) is 11.1 Å². The van der Waals surface area contributed by atoms with Crippen LogP contribution < -0.4 is 4.72 Å². The van der Waals surface area contributed by atoms with Gasteiger partial charge < -0.3 is 0 Å². The first-order chi connectivity index (χ1) is 14.1. The fourth-order valence-electron chi connectivity index (χ4n) is 2.98. The van der Waals surface area contributed by atoms with E-state index in [1.807, 2.05) is 41.1 Å². The highest BCUT2D eigenvalue weighted by molar-refractivity contribution is 7.89. The lowest BCUT2D eigenvalue weighted by molar-refractivity contribution is 0.581. The lowest BCUT2D eigenvalue weighted by Gasteiger charge is -2.08. The Morgan fingerprint density at radius 1 is 1.07 bits per heavy atom. The van der Waals surface area contributed by atoms with Crippen LogP contribution in [0.25, 0.3) is 21.1 Å². The van der Waals surface area contributed by atoms with Crippen LogP contribution in [0, 0.1) is 11.3 Å². The van der Waals surface area contributed by atoms with Crippen LogP contribution in [0.15, 0.2) is 64.2 Å². The number of nitriles is 1. The maximum Gasteiger partial charge on any atom is 0.240 e. The number of nitrogens with zero attached hydrogens (tertiary/aromatic N) is 2. The molecule has 9 heteroatoms. The van der Waals surface area contributed by atoms with E-state index in [1.165, 1.54) is 12.1 Å². The molecule has 2 N–H and O–H groups in total. The van der Waals surface area contributed by atoms with Gasteiger partial charge in [-0.15, -0.1) is 22.7 Å². The van der Waals surface area contributed by atoms with Crippen LogP contribution in [-0.2, 0) is 16.4 Å². The number of thiophene rings is 2. The second-order valence-corrected chi connectivity index (χ2v) is 9.83. The predicted octanol–water partition coefficient (Wildman–Crippen LogP) is 4.26. The molecule has 0 saturated heterocycles. The van der Waals surface area contributed by atoms with Crippen molar-refractivity contribution < 1.29 is 8.42 Å². The molecule has 29 heavy (non-hydrogen) atoms. The minimum Gasteiger partial charge on any atom is -0.276 e. The smallest absolute Gasteiger partial charge is 0.240 e. The third-order valence-electron chi connectivity index (χ3n) is 4.33. The SMILES string of the molecule is N#Cc1cccc(S(=O)(=O)NCCc2c(-c3cccs3)n[nH]c2-c2cccs2)c1. The predicted molar refractivity (Wildman–Crippen MR) is 115 cm³/mol. The zero-order valence-electron chi connectivity index (χ0n) is 15.1. The lowest BCUT2D eigenvalue weighted by Crippen LogP contribution is -2.26. The molecule has 0 aliphatic heterocycles. The average molecular weight is 441 g/mol. The van der Waals surface area contributed by atoms with E-state index in [0.29, 0.717) is 12.0 Å². The molecule has 146 valence electrons. The van der Waals surface area contributed by atoms with Gasteiger partial charge in [-0.1, -0.05) is 18.2 Å². The first kappa shape index (κ1) is 19.5. The number of hydrogen-bond acceptors (Lipinski definition) is 6. The summed E-state index contributed by atoms with van der Waals surface area (Å²) >= 11 is 3.20. The van der Waals surface area contributed by atoms with Crippen LogP contribution >= 0.6 is 22.7 Å². The normalized spacial score (nSPS) is 11.4. The number of rotatable bonds is 7. The van der Waals surface area contributed by atoms with Crippen molar-refractivity contribution in [2.75, 3.05) is 6.54 Å². The van der Waals surface area contributed by atoms with E-state index in [2.05, 4.69) is 14.9 Å². The van der Waals surface area contributed by atoms with Crippen LogP contribution in [-0.4, -0.2) is 25.2 Å². The molecule has 0 saturated carbocycles. The number of aromatic nitrogens is 2. The van der Waals surface area contributed by atoms with Crippen molar-refractivity contribution in [1.29, 1.82) is 5.26 Å². The first-order valence-corrected chi connectivity index (χ1v) is 12.0. The van der Waals surface area contributed by atoms with Gasteiger partial charge in [0.2, 0.25) is 10.0 Å². The Morgan fingerprint density at radius 2 is 1.83 bits per heavy atom. The molecule has 1 aromatic carbocycles. The molecule has 4 rings (SSSR count). The zero-order chi connectivity index (χ0) is 20.3. The third kappa shape index (κ3) is 4.16. The lowest BCUT2D eigenvalue weighted by atomic mass is 10.1. The van der Waals surface area contributed by atoms with E-state index < -0.39 is 10.0 Å². The van der Waals surface area contributed by atoms with Gasteiger partial charge in [-0.2, -0.15) is 10.4 Å². The van der Waals surface area contributed by atoms with E-state index in [-0.39, 0.29) is 11.4 Å². The first-order valence-electron chi connectivity index (χ1n) is 8.73. The van der Waals surface area contributed by atoms with Gasteiger partial charge in [-0.25, -0.2) is 13.1 Å². The van der Waals surface area contributed by atoms with E-state index in [1.54, 1.807) is 34.8 Å². The highest BCUT2D eigenvalue weighted by Crippen LogP contribution is 2.34. The summed E-state index contributed by atoms with van der Waals surface area (Å²) < 4.78 is 27.9. The minimum atomic E-state index is -3.71. The minimum absolute atomic E-state index is 0.0840. The quantitative estimate of drug-likeness (QED) is 0.449. The Kier molecular flexibility index (Phi) is 5.60. The second-order valence-electron chi connectivity index (χ2n) is 6.17. The van der Waals surface area contributed by atoms with Crippen molar-refractivity contribution in [2.45, 2.75) is 11.3 Å². The largest absolute Gasteiger partial charge is 0.276 e. The summed E-state index contributed by atoms with van der Waals surface area (Å²) in [4.78, 5) is 2.17. The van der Waals surface area contributed by atoms with Gasteiger partial charge in [0.05, 0.1) is 32.0 Å². The Bertz CT molecular complexity index is 1200. The summed E-state index contributed by atoms with van der Waals surface area (Å²) in [5, 5.41) is 20.6. The van der Waals surface area contributed by atoms with Crippen molar-refractivity contribution in [3.05, 3.63) is 70.4 Å². The Morgan fingerprint density at radius 3 is 2.52 bits per heavy atom. The Hall–Kier alpha value is -2.77.